The lowest BCUT2D eigenvalue weighted by Crippen LogP contribution is -2.45. The van der Waals surface area contributed by atoms with E-state index in [-0.39, 0.29) is 11.8 Å². The first-order valence-corrected chi connectivity index (χ1v) is 11.6. The summed E-state index contributed by atoms with van der Waals surface area (Å²) in [5, 5.41) is 16.7. The molecule has 2 aliphatic rings. The fourth-order valence-electron chi connectivity index (χ4n) is 4.51. The Balaban J connectivity index is 1.71. The Kier molecular flexibility index (Phi) is 5.66. The van der Waals surface area contributed by atoms with E-state index in [1.807, 2.05) is 36.6 Å². The van der Waals surface area contributed by atoms with E-state index >= 15 is 0 Å². The van der Waals surface area contributed by atoms with Crippen LogP contribution in [0.2, 0.25) is 0 Å². The number of hydrogen-bond acceptors (Lipinski definition) is 6. The summed E-state index contributed by atoms with van der Waals surface area (Å²) in [6.45, 7) is 1.94. The Morgan fingerprint density at radius 1 is 1.38 bits per heavy atom. The zero-order valence-electron chi connectivity index (χ0n) is 16.5. The van der Waals surface area contributed by atoms with Gasteiger partial charge < -0.3 is 10.1 Å². The standard InChI is InChI=1S/C22H23N3O2S2/c1-14-12-28-21(24-14)18-19(26)25-20(16(11-23)22(18)9-5-6-10-22)29-13-15-7-3-4-8-17(15)27-2/h3-4,7-8,12,18H,5-6,9-10,13H2,1-2H3,(H,25,26). The summed E-state index contributed by atoms with van der Waals surface area (Å²) >= 11 is 3.03. The van der Waals surface area contributed by atoms with Crippen molar-refractivity contribution in [3.05, 3.63) is 56.5 Å². The molecule has 150 valence electrons. The number of rotatable bonds is 5. The van der Waals surface area contributed by atoms with Gasteiger partial charge in [0.1, 0.15) is 16.7 Å². The zero-order chi connectivity index (χ0) is 20.4. The Labute approximate surface area is 179 Å². The van der Waals surface area contributed by atoms with Crippen LogP contribution in [0.25, 0.3) is 0 Å². The van der Waals surface area contributed by atoms with Gasteiger partial charge >= 0.3 is 0 Å². The highest BCUT2D eigenvalue weighted by molar-refractivity contribution is 8.02. The van der Waals surface area contributed by atoms with Gasteiger partial charge in [0.05, 0.1) is 23.8 Å². The van der Waals surface area contributed by atoms with E-state index in [0.717, 1.165) is 47.7 Å². The Morgan fingerprint density at radius 3 is 2.79 bits per heavy atom. The number of para-hydroxylation sites is 1. The van der Waals surface area contributed by atoms with Crippen LogP contribution in [-0.2, 0) is 10.5 Å². The number of thioether (sulfide) groups is 1. The highest BCUT2D eigenvalue weighted by Crippen LogP contribution is 2.57. The predicted molar refractivity (Wildman–Crippen MR) is 116 cm³/mol. The molecular weight excluding hydrogens is 402 g/mol. The highest BCUT2D eigenvalue weighted by atomic mass is 32.2. The van der Waals surface area contributed by atoms with Gasteiger partial charge in [0.15, 0.2) is 0 Å². The van der Waals surface area contributed by atoms with Gasteiger partial charge in [-0.3, -0.25) is 4.79 Å². The van der Waals surface area contributed by atoms with Crippen molar-refractivity contribution in [3.63, 3.8) is 0 Å². The number of hydrogen-bond donors (Lipinski definition) is 1. The van der Waals surface area contributed by atoms with Gasteiger partial charge in [0.2, 0.25) is 5.91 Å². The SMILES string of the molecule is COc1ccccc1CSC1=C(C#N)C2(CCCC2)C(c2nc(C)cs2)C(=O)N1. The van der Waals surface area contributed by atoms with Gasteiger partial charge in [-0.15, -0.1) is 23.1 Å². The molecule has 0 radical (unpaired) electrons. The summed E-state index contributed by atoms with van der Waals surface area (Å²) in [6.07, 6.45) is 3.77. The Hall–Kier alpha value is -2.30. The second-order valence-corrected chi connectivity index (χ2v) is 9.40. The highest BCUT2D eigenvalue weighted by Gasteiger charge is 2.53. The number of thiazole rings is 1. The van der Waals surface area contributed by atoms with Crippen molar-refractivity contribution in [2.45, 2.75) is 44.3 Å². The third-order valence-corrected chi connectivity index (χ3v) is 7.91. The molecule has 1 aliphatic heterocycles. The normalized spacial score (nSPS) is 20.6. The zero-order valence-corrected chi connectivity index (χ0v) is 18.2. The van der Waals surface area contributed by atoms with Crippen LogP contribution in [0.3, 0.4) is 0 Å². The molecule has 1 atom stereocenters. The van der Waals surface area contributed by atoms with E-state index in [0.29, 0.717) is 16.4 Å². The Bertz CT molecular complexity index is 999. The molecule has 1 unspecified atom stereocenters. The van der Waals surface area contributed by atoms with Crippen LogP contribution in [0, 0.1) is 23.7 Å². The van der Waals surface area contributed by atoms with Crippen molar-refractivity contribution >= 4 is 29.0 Å². The van der Waals surface area contributed by atoms with Gasteiger partial charge in [-0.1, -0.05) is 31.0 Å². The molecule has 1 spiro atoms. The number of ether oxygens (including phenoxy) is 1. The largest absolute Gasteiger partial charge is 0.496 e. The van der Waals surface area contributed by atoms with Crippen molar-refractivity contribution in [1.29, 1.82) is 5.26 Å². The van der Waals surface area contributed by atoms with E-state index in [4.69, 9.17) is 4.74 Å². The maximum Gasteiger partial charge on any atom is 0.235 e. The molecule has 1 aromatic heterocycles. The first-order chi connectivity index (χ1) is 14.1. The molecule has 1 aromatic carbocycles. The van der Waals surface area contributed by atoms with Gasteiger partial charge in [0, 0.05) is 27.8 Å². The van der Waals surface area contributed by atoms with Gasteiger partial charge in [-0.05, 0) is 25.8 Å². The fraction of sp³-hybridized carbons (Fsp3) is 0.409. The Morgan fingerprint density at radius 2 is 2.14 bits per heavy atom. The summed E-state index contributed by atoms with van der Waals surface area (Å²) in [4.78, 5) is 17.9. The molecule has 1 amide bonds. The van der Waals surface area contributed by atoms with Crippen LogP contribution < -0.4 is 10.1 Å². The molecular formula is C22H23N3O2S2. The minimum absolute atomic E-state index is 0.0391. The number of carbonyl (C=O) groups excluding carboxylic acids is 1. The van der Waals surface area contributed by atoms with Crippen LogP contribution in [-0.4, -0.2) is 18.0 Å². The molecule has 1 saturated carbocycles. The molecule has 2 aromatic rings. The van der Waals surface area contributed by atoms with E-state index in [9.17, 15) is 10.1 Å². The molecule has 1 N–H and O–H groups in total. The molecule has 1 fully saturated rings. The number of nitrogens with one attached hydrogen (secondary N) is 1. The number of methoxy groups -OCH3 is 1. The van der Waals surface area contributed by atoms with Crippen molar-refractivity contribution < 1.29 is 9.53 Å². The fourth-order valence-corrected chi connectivity index (χ4v) is 6.62. The van der Waals surface area contributed by atoms with Crippen molar-refractivity contribution in [3.8, 4) is 11.8 Å². The monoisotopic (exact) mass is 425 g/mol. The molecule has 5 nitrogen and oxygen atoms in total. The maximum absolute atomic E-state index is 13.2. The minimum atomic E-state index is -0.440. The van der Waals surface area contributed by atoms with Crippen LogP contribution in [0.4, 0.5) is 0 Å². The van der Waals surface area contributed by atoms with Gasteiger partial charge in [-0.2, -0.15) is 5.26 Å². The van der Waals surface area contributed by atoms with Gasteiger partial charge in [0.25, 0.3) is 0 Å². The van der Waals surface area contributed by atoms with Crippen molar-refractivity contribution in [2.24, 2.45) is 5.41 Å². The van der Waals surface area contributed by atoms with E-state index in [1.54, 1.807) is 7.11 Å². The quantitative estimate of drug-likeness (QED) is 0.737. The van der Waals surface area contributed by atoms with Crippen LogP contribution in [0.15, 0.2) is 40.2 Å². The lowest BCUT2D eigenvalue weighted by Gasteiger charge is -2.40. The molecule has 7 heteroatoms. The summed E-state index contributed by atoms with van der Waals surface area (Å²) in [5.41, 5.74) is 2.24. The minimum Gasteiger partial charge on any atom is -0.496 e. The van der Waals surface area contributed by atoms with Crippen LogP contribution in [0.1, 0.15) is 47.9 Å². The van der Waals surface area contributed by atoms with E-state index in [1.165, 1.54) is 23.1 Å². The third-order valence-electron chi connectivity index (χ3n) is 5.83. The lowest BCUT2D eigenvalue weighted by molar-refractivity contribution is -0.124. The number of aryl methyl sites for hydroxylation is 1. The topological polar surface area (TPSA) is 75.0 Å². The smallest absolute Gasteiger partial charge is 0.235 e. The van der Waals surface area contributed by atoms with Crippen LogP contribution in [0.5, 0.6) is 5.75 Å². The second kappa shape index (κ2) is 8.21. The number of aromatic nitrogens is 1. The predicted octanol–water partition coefficient (Wildman–Crippen LogP) is 4.90. The molecule has 4 rings (SSSR count). The summed E-state index contributed by atoms with van der Waals surface area (Å²) in [6, 6.07) is 10.3. The number of amides is 1. The summed E-state index contributed by atoms with van der Waals surface area (Å²) in [5.74, 6) is 1.02. The van der Waals surface area contributed by atoms with Crippen LogP contribution >= 0.6 is 23.1 Å². The van der Waals surface area contributed by atoms with Crippen molar-refractivity contribution in [1.82, 2.24) is 10.3 Å². The molecule has 1 aliphatic carbocycles. The average Bonchev–Trinajstić information content (AvgIpc) is 3.36. The van der Waals surface area contributed by atoms with E-state index in [2.05, 4.69) is 16.4 Å². The number of carbonyl (C=O) groups is 1. The number of benzene rings is 1. The first-order valence-electron chi connectivity index (χ1n) is 9.71. The summed E-state index contributed by atoms with van der Waals surface area (Å²) in [7, 11) is 1.65. The maximum atomic E-state index is 13.2. The molecule has 2 heterocycles. The number of nitrogens with zero attached hydrogens (tertiary/aromatic N) is 2. The van der Waals surface area contributed by atoms with Gasteiger partial charge in [-0.25, -0.2) is 4.98 Å². The molecule has 0 saturated heterocycles. The van der Waals surface area contributed by atoms with E-state index < -0.39 is 5.41 Å². The molecule has 0 bridgehead atoms. The number of nitriles is 1. The average molecular weight is 426 g/mol. The summed E-state index contributed by atoms with van der Waals surface area (Å²) < 4.78 is 5.44. The lowest BCUT2D eigenvalue weighted by atomic mass is 9.67. The third kappa shape index (κ3) is 3.56. The first kappa shape index (κ1) is 20.0. The van der Waals surface area contributed by atoms with Crippen molar-refractivity contribution in [2.75, 3.05) is 7.11 Å². The second-order valence-electron chi connectivity index (χ2n) is 7.53. The number of allylic oxidation sites excluding steroid dienone is 1. The molecule has 29 heavy (non-hydrogen) atoms.